The number of imidazole rings is 1. The lowest BCUT2D eigenvalue weighted by Gasteiger charge is -2.20. The summed E-state index contributed by atoms with van der Waals surface area (Å²) in [5.74, 6) is 1.35. The van der Waals surface area contributed by atoms with Crippen molar-refractivity contribution < 1.29 is 13.2 Å². The topological polar surface area (TPSA) is 86.1 Å². The van der Waals surface area contributed by atoms with Gasteiger partial charge in [-0.15, -0.1) is 0 Å². The molecule has 0 spiro atoms. The second kappa shape index (κ2) is 9.43. The van der Waals surface area contributed by atoms with Gasteiger partial charge in [0.25, 0.3) is 0 Å². The highest BCUT2D eigenvalue weighted by Crippen LogP contribution is 2.15. The fraction of sp³-hybridized carbons (Fsp3) is 0.667. The van der Waals surface area contributed by atoms with Crippen molar-refractivity contribution in [1.82, 2.24) is 19.3 Å². The fourth-order valence-corrected chi connectivity index (χ4v) is 4.39. The minimum atomic E-state index is -3.35. The highest BCUT2D eigenvalue weighted by molar-refractivity contribution is 7.89. The molecule has 1 atom stereocenters. The highest BCUT2D eigenvalue weighted by atomic mass is 32.2. The summed E-state index contributed by atoms with van der Waals surface area (Å²) in [6.07, 6.45) is 4.73. The van der Waals surface area contributed by atoms with E-state index in [1.54, 1.807) is 12.4 Å². The SMILES string of the molecule is CCOC[C@H](CC(C)C)NS(=O)(=O)CCCn1c(C)nc2cnccc21. The summed E-state index contributed by atoms with van der Waals surface area (Å²) in [5, 5.41) is 0. The van der Waals surface area contributed by atoms with Gasteiger partial charge in [-0.3, -0.25) is 4.98 Å². The van der Waals surface area contributed by atoms with Crippen LogP contribution in [0.3, 0.4) is 0 Å². The Bertz CT molecular complexity index is 802. The predicted molar refractivity (Wildman–Crippen MR) is 104 cm³/mol. The molecule has 0 radical (unpaired) electrons. The Labute approximate surface area is 156 Å². The van der Waals surface area contributed by atoms with E-state index in [1.807, 2.05) is 24.5 Å². The van der Waals surface area contributed by atoms with Crippen molar-refractivity contribution in [2.45, 2.75) is 53.1 Å². The van der Waals surface area contributed by atoms with E-state index in [0.29, 0.717) is 32.1 Å². The minimum absolute atomic E-state index is 0.0813. The van der Waals surface area contributed by atoms with Gasteiger partial charge in [0.1, 0.15) is 11.3 Å². The summed E-state index contributed by atoms with van der Waals surface area (Å²) >= 11 is 0. The van der Waals surface area contributed by atoms with Gasteiger partial charge in [-0.25, -0.2) is 18.1 Å². The van der Waals surface area contributed by atoms with Crippen LogP contribution in [0.15, 0.2) is 18.5 Å². The third-order valence-corrected chi connectivity index (χ3v) is 5.68. The summed E-state index contributed by atoms with van der Waals surface area (Å²) in [7, 11) is -3.35. The zero-order valence-electron chi connectivity index (χ0n) is 16.1. The molecule has 146 valence electrons. The number of nitrogens with one attached hydrogen (secondary N) is 1. The zero-order valence-corrected chi connectivity index (χ0v) is 16.9. The van der Waals surface area contributed by atoms with Gasteiger partial charge in [-0.1, -0.05) is 13.8 Å². The predicted octanol–water partition coefficient (Wildman–Crippen LogP) is 2.50. The van der Waals surface area contributed by atoms with Crippen LogP contribution in [0.5, 0.6) is 0 Å². The maximum Gasteiger partial charge on any atom is 0.211 e. The average molecular weight is 383 g/mol. The Morgan fingerprint density at radius 3 is 2.81 bits per heavy atom. The maximum atomic E-state index is 12.5. The molecule has 0 bridgehead atoms. The van der Waals surface area contributed by atoms with Crippen molar-refractivity contribution in [2.24, 2.45) is 5.92 Å². The van der Waals surface area contributed by atoms with E-state index in [4.69, 9.17) is 4.74 Å². The first-order chi connectivity index (χ1) is 12.3. The molecule has 0 unspecified atom stereocenters. The van der Waals surface area contributed by atoms with Gasteiger partial charge >= 0.3 is 0 Å². The van der Waals surface area contributed by atoms with E-state index in [9.17, 15) is 8.42 Å². The molecular formula is C18H30N4O3S. The molecule has 2 aromatic rings. The standard InChI is InChI=1S/C18H30N4O3S/c1-5-25-13-16(11-14(2)3)21-26(23,24)10-6-9-22-15(4)20-17-12-19-8-7-18(17)22/h7-8,12,14,16,21H,5-6,9-11,13H2,1-4H3/t16-/m0/s1. The summed E-state index contributed by atoms with van der Waals surface area (Å²) < 4.78 is 35.2. The van der Waals surface area contributed by atoms with Crippen LogP contribution in [-0.4, -0.2) is 48.0 Å². The molecule has 7 nitrogen and oxygen atoms in total. The van der Waals surface area contributed by atoms with Gasteiger partial charge in [0.2, 0.25) is 10.0 Å². The number of pyridine rings is 1. The number of hydrogen-bond acceptors (Lipinski definition) is 5. The van der Waals surface area contributed by atoms with Crippen LogP contribution in [0.4, 0.5) is 0 Å². The molecule has 0 aliphatic carbocycles. The van der Waals surface area contributed by atoms with Gasteiger partial charge in [0, 0.05) is 25.4 Å². The van der Waals surface area contributed by atoms with E-state index in [2.05, 4.69) is 28.5 Å². The second-order valence-electron chi connectivity index (χ2n) is 6.95. The van der Waals surface area contributed by atoms with Crippen LogP contribution in [0.1, 0.15) is 39.4 Å². The van der Waals surface area contributed by atoms with Gasteiger partial charge in [-0.2, -0.15) is 0 Å². The molecule has 1 N–H and O–H groups in total. The number of aryl methyl sites for hydroxylation is 2. The van der Waals surface area contributed by atoms with Crippen LogP contribution in [0.2, 0.25) is 0 Å². The molecule has 26 heavy (non-hydrogen) atoms. The second-order valence-corrected chi connectivity index (χ2v) is 8.82. The molecule has 0 saturated heterocycles. The van der Waals surface area contributed by atoms with Crippen molar-refractivity contribution in [3.05, 3.63) is 24.3 Å². The fourth-order valence-electron chi connectivity index (χ4n) is 3.09. The summed E-state index contributed by atoms with van der Waals surface area (Å²) in [4.78, 5) is 8.54. The number of aromatic nitrogens is 3. The molecule has 8 heteroatoms. The Morgan fingerprint density at radius 1 is 1.35 bits per heavy atom. The number of nitrogens with zero attached hydrogens (tertiary/aromatic N) is 3. The smallest absolute Gasteiger partial charge is 0.211 e. The lowest BCUT2D eigenvalue weighted by molar-refractivity contribution is 0.122. The first kappa shape index (κ1) is 20.8. The van der Waals surface area contributed by atoms with Crippen LogP contribution >= 0.6 is 0 Å². The summed E-state index contributed by atoms with van der Waals surface area (Å²) in [5.41, 5.74) is 1.82. The molecule has 0 aliphatic heterocycles. The Hall–Kier alpha value is -1.51. The molecular weight excluding hydrogens is 352 g/mol. The monoisotopic (exact) mass is 382 g/mol. The molecule has 0 aliphatic rings. The maximum absolute atomic E-state index is 12.5. The Balaban J connectivity index is 1.95. The van der Waals surface area contributed by atoms with Crippen molar-refractivity contribution in [1.29, 1.82) is 0 Å². The van der Waals surface area contributed by atoms with E-state index < -0.39 is 10.0 Å². The van der Waals surface area contributed by atoms with Crippen LogP contribution in [-0.2, 0) is 21.3 Å². The van der Waals surface area contributed by atoms with Gasteiger partial charge in [0.15, 0.2) is 0 Å². The molecule has 0 amide bonds. The van der Waals surface area contributed by atoms with Crippen LogP contribution in [0, 0.1) is 12.8 Å². The third-order valence-electron chi connectivity index (χ3n) is 4.16. The van der Waals surface area contributed by atoms with Gasteiger partial charge < -0.3 is 9.30 Å². The molecule has 0 fully saturated rings. The quantitative estimate of drug-likeness (QED) is 0.645. The number of sulfonamides is 1. The summed E-state index contributed by atoms with van der Waals surface area (Å²) in [6.45, 7) is 9.59. The Kier molecular flexibility index (Phi) is 7.55. The number of rotatable bonds is 11. The minimum Gasteiger partial charge on any atom is -0.380 e. The average Bonchev–Trinajstić information content (AvgIpc) is 2.87. The van der Waals surface area contributed by atoms with Crippen molar-refractivity contribution >= 4 is 21.1 Å². The molecule has 0 saturated carbocycles. The van der Waals surface area contributed by atoms with Gasteiger partial charge in [-0.05, 0) is 38.7 Å². The van der Waals surface area contributed by atoms with E-state index in [-0.39, 0.29) is 11.8 Å². The third kappa shape index (κ3) is 6.03. The van der Waals surface area contributed by atoms with Crippen LogP contribution < -0.4 is 4.72 Å². The largest absolute Gasteiger partial charge is 0.380 e. The highest BCUT2D eigenvalue weighted by Gasteiger charge is 2.19. The molecule has 2 aromatic heterocycles. The van der Waals surface area contributed by atoms with E-state index >= 15 is 0 Å². The van der Waals surface area contributed by atoms with Crippen molar-refractivity contribution in [2.75, 3.05) is 19.0 Å². The first-order valence-corrected chi connectivity index (χ1v) is 10.8. The first-order valence-electron chi connectivity index (χ1n) is 9.17. The zero-order chi connectivity index (χ0) is 19.2. The number of fused-ring (bicyclic) bond motifs is 1. The number of hydrogen-bond donors (Lipinski definition) is 1. The molecule has 2 rings (SSSR count). The lowest BCUT2D eigenvalue weighted by Crippen LogP contribution is -2.40. The Morgan fingerprint density at radius 2 is 2.12 bits per heavy atom. The summed E-state index contributed by atoms with van der Waals surface area (Å²) in [6, 6.07) is 1.73. The van der Waals surface area contributed by atoms with Crippen molar-refractivity contribution in [3.63, 3.8) is 0 Å². The van der Waals surface area contributed by atoms with Gasteiger partial charge in [0.05, 0.1) is 24.1 Å². The number of ether oxygens (including phenoxy) is 1. The van der Waals surface area contributed by atoms with E-state index in [1.165, 1.54) is 0 Å². The van der Waals surface area contributed by atoms with Crippen LogP contribution in [0.25, 0.3) is 11.0 Å². The van der Waals surface area contributed by atoms with Crippen molar-refractivity contribution in [3.8, 4) is 0 Å². The molecule has 2 heterocycles. The lowest BCUT2D eigenvalue weighted by atomic mass is 10.1. The normalized spacial score (nSPS) is 13.6. The molecule has 0 aromatic carbocycles. The van der Waals surface area contributed by atoms with E-state index in [0.717, 1.165) is 23.3 Å².